The summed E-state index contributed by atoms with van der Waals surface area (Å²) >= 11 is 1.13. The minimum absolute atomic E-state index is 0.145. The van der Waals surface area contributed by atoms with Crippen molar-refractivity contribution in [1.82, 2.24) is 20.5 Å². The molecule has 2 aromatic rings. The van der Waals surface area contributed by atoms with Crippen LogP contribution in [0.1, 0.15) is 11.3 Å². The van der Waals surface area contributed by atoms with Crippen LogP contribution >= 0.6 is 11.8 Å². The summed E-state index contributed by atoms with van der Waals surface area (Å²) in [5.41, 5.74) is 1.02. The quantitative estimate of drug-likeness (QED) is 0.672. The number of hydrogen-bond donors (Lipinski definition) is 2. The van der Waals surface area contributed by atoms with Crippen molar-refractivity contribution in [1.29, 1.82) is 0 Å². The zero-order valence-electron chi connectivity index (χ0n) is 14.3. The molecule has 0 saturated carbocycles. The third-order valence-corrected chi connectivity index (χ3v) is 4.23. The third kappa shape index (κ3) is 5.49. The van der Waals surface area contributed by atoms with Crippen molar-refractivity contribution in [2.75, 3.05) is 26.5 Å². The van der Waals surface area contributed by atoms with Crippen LogP contribution < -0.4 is 20.3 Å². The Kier molecular flexibility index (Phi) is 6.81. The molecule has 1 heterocycles. The molecule has 1 amide bonds. The first-order valence-electron chi connectivity index (χ1n) is 7.57. The summed E-state index contributed by atoms with van der Waals surface area (Å²) in [5, 5.41) is 10.7. The summed E-state index contributed by atoms with van der Waals surface area (Å²) in [4.78, 5) is 25.8. The predicted octanol–water partition coefficient (Wildman–Crippen LogP) is 0.942. The Bertz CT molecular complexity index is 794. The summed E-state index contributed by atoms with van der Waals surface area (Å²) in [5.74, 6) is 1.33. The van der Waals surface area contributed by atoms with Crippen LogP contribution in [0.4, 0.5) is 0 Å². The van der Waals surface area contributed by atoms with Gasteiger partial charge in [0.25, 0.3) is 5.56 Å². The number of benzene rings is 1. The summed E-state index contributed by atoms with van der Waals surface area (Å²) in [6.45, 7) is 2.06. The van der Waals surface area contributed by atoms with Crippen LogP contribution in [0, 0.1) is 6.92 Å². The molecular formula is C16H20N4O4S. The summed E-state index contributed by atoms with van der Waals surface area (Å²) in [7, 11) is 3.17. The van der Waals surface area contributed by atoms with Gasteiger partial charge in [-0.3, -0.25) is 14.6 Å². The van der Waals surface area contributed by atoms with Crippen LogP contribution in [0.15, 0.2) is 28.2 Å². The number of amides is 1. The number of thioether (sulfide) groups is 1. The van der Waals surface area contributed by atoms with Gasteiger partial charge < -0.3 is 14.8 Å². The maximum Gasteiger partial charge on any atom is 0.273 e. The van der Waals surface area contributed by atoms with Crippen LogP contribution in [0.2, 0.25) is 0 Å². The number of aryl methyl sites for hydroxylation is 1. The highest BCUT2D eigenvalue weighted by atomic mass is 32.2. The maximum atomic E-state index is 11.9. The average molecular weight is 364 g/mol. The van der Waals surface area contributed by atoms with Crippen molar-refractivity contribution in [3.05, 3.63) is 39.8 Å². The van der Waals surface area contributed by atoms with Gasteiger partial charge in [-0.15, -0.1) is 10.2 Å². The van der Waals surface area contributed by atoms with E-state index in [9.17, 15) is 9.59 Å². The van der Waals surface area contributed by atoms with E-state index in [1.807, 2.05) is 18.2 Å². The normalized spacial score (nSPS) is 10.4. The molecule has 0 unspecified atom stereocenters. The molecule has 1 aromatic heterocycles. The maximum absolute atomic E-state index is 11.9. The molecule has 2 rings (SSSR count). The Morgan fingerprint density at radius 1 is 1.24 bits per heavy atom. The number of aromatic amines is 1. The van der Waals surface area contributed by atoms with Gasteiger partial charge in [-0.25, -0.2) is 0 Å². The van der Waals surface area contributed by atoms with E-state index < -0.39 is 0 Å². The second-order valence-electron chi connectivity index (χ2n) is 5.12. The molecule has 0 bridgehead atoms. The molecule has 0 radical (unpaired) electrons. The highest BCUT2D eigenvalue weighted by Gasteiger charge is 2.07. The van der Waals surface area contributed by atoms with E-state index in [0.29, 0.717) is 35.3 Å². The molecule has 2 N–H and O–H groups in total. The summed E-state index contributed by atoms with van der Waals surface area (Å²) in [6, 6.07) is 5.64. The Hall–Kier alpha value is -2.55. The molecule has 134 valence electrons. The van der Waals surface area contributed by atoms with Crippen molar-refractivity contribution < 1.29 is 14.3 Å². The number of hydrogen-bond acceptors (Lipinski definition) is 7. The highest BCUT2D eigenvalue weighted by Crippen LogP contribution is 2.27. The molecule has 1 aromatic carbocycles. The standard InChI is InChI=1S/C16H20N4O4S/c1-10-15(22)18-16(20-19-10)25-9-14(21)17-7-6-11-4-5-12(23-2)13(8-11)24-3/h4-5,8H,6-7,9H2,1-3H3,(H,17,21)(H,18,20,22). The number of nitrogens with one attached hydrogen (secondary N) is 2. The summed E-state index contributed by atoms with van der Waals surface area (Å²) in [6.07, 6.45) is 0.665. The second kappa shape index (κ2) is 9.07. The molecule has 0 spiro atoms. The fraction of sp³-hybridized carbons (Fsp3) is 0.375. The molecule has 9 heteroatoms. The van der Waals surface area contributed by atoms with Gasteiger partial charge in [0.1, 0.15) is 5.69 Å². The van der Waals surface area contributed by atoms with Crippen LogP contribution in [-0.4, -0.2) is 47.6 Å². The minimum atomic E-state index is -0.300. The topological polar surface area (TPSA) is 106 Å². The predicted molar refractivity (Wildman–Crippen MR) is 94.4 cm³/mol. The van der Waals surface area contributed by atoms with Gasteiger partial charge in [0.2, 0.25) is 5.91 Å². The van der Waals surface area contributed by atoms with E-state index in [1.165, 1.54) is 0 Å². The lowest BCUT2D eigenvalue weighted by atomic mass is 10.1. The van der Waals surface area contributed by atoms with Gasteiger partial charge in [0, 0.05) is 6.54 Å². The van der Waals surface area contributed by atoms with Gasteiger partial charge in [-0.1, -0.05) is 17.8 Å². The van der Waals surface area contributed by atoms with Crippen LogP contribution in [0.25, 0.3) is 0 Å². The second-order valence-corrected chi connectivity index (χ2v) is 6.09. The number of methoxy groups -OCH3 is 2. The molecule has 25 heavy (non-hydrogen) atoms. The van der Waals surface area contributed by atoms with Crippen LogP contribution in [0.3, 0.4) is 0 Å². The first kappa shape index (κ1) is 18.8. The summed E-state index contributed by atoms with van der Waals surface area (Å²) < 4.78 is 10.4. The monoisotopic (exact) mass is 364 g/mol. The number of ether oxygens (including phenoxy) is 2. The Balaban J connectivity index is 1.78. The molecule has 0 fully saturated rings. The Morgan fingerprint density at radius 3 is 2.68 bits per heavy atom. The number of nitrogens with zero attached hydrogens (tertiary/aromatic N) is 2. The van der Waals surface area contributed by atoms with Crippen molar-refractivity contribution in [2.45, 2.75) is 18.5 Å². The van der Waals surface area contributed by atoms with E-state index in [2.05, 4.69) is 20.5 Å². The van der Waals surface area contributed by atoms with Gasteiger partial charge in [0.05, 0.1) is 20.0 Å². The van der Waals surface area contributed by atoms with Crippen molar-refractivity contribution >= 4 is 17.7 Å². The lowest BCUT2D eigenvalue weighted by Gasteiger charge is -2.10. The molecule has 0 atom stereocenters. The van der Waals surface area contributed by atoms with Crippen molar-refractivity contribution in [2.24, 2.45) is 0 Å². The molecule has 8 nitrogen and oxygen atoms in total. The van der Waals surface area contributed by atoms with E-state index in [1.54, 1.807) is 21.1 Å². The van der Waals surface area contributed by atoms with Crippen LogP contribution in [-0.2, 0) is 11.2 Å². The Labute approximate surface area is 149 Å². The highest BCUT2D eigenvalue weighted by molar-refractivity contribution is 7.99. The Morgan fingerprint density at radius 2 is 2.00 bits per heavy atom. The van der Waals surface area contributed by atoms with Gasteiger partial charge in [-0.2, -0.15) is 0 Å². The largest absolute Gasteiger partial charge is 0.493 e. The third-order valence-electron chi connectivity index (χ3n) is 3.36. The van der Waals surface area contributed by atoms with E-state index >= 15 is 0 Å². The SMILES string of the molecule is COc1ccc(CCNC(=O)CSc2nnc(C)c(=O)[nH]2)cc1OC. The first-order valence-corrected chi connectivity index (χ1v) is 8.56. The van der Waals surface area contributed by atoms with Gasteiger partial charge in [-0.05, 0) is 31.0 Å². The fourth-order valence-corrected chi connectivity index (χ4v) is 2.64. The number of aromatic nitrogens is 3. The number of carbonyl (C=O) groups is 1. The fourth-order valence-electron chi connectivity index (χ4n) is 2.01. The van der Waals surface area contributed by atoms with Gasteiger partial charge in [0.15, 0.2) is 16.7 Å². The average Bonchev–Trinajstić information content (AvgIpc) is 2.62. The van der Waals surface area contributed by atoms with Gasteiger partial charge >= 0.3 is 0 Å². The molecular weight excluding hydrogens is 344 g/mol. The number of carbonyl (C=O) groups excluding carboxylic acids is 1. The molecule has 0 aliphatic heterocycles. The molecule has 0 saturated heterocycles. The first-order chi connectivity index (χ1) is 12.0. The van der Waals surface area contributed by atoms with E-state index in [4.69, 9.17) is 9.47 Å². The molecule has 0 aliphatic carbocycles. The zero-order chi connectivity index (χ0) is 18.2. The van der Waals surface area contributed by atoms with E-state index in [-0.39, 0.29) is 17.2 Å². The minimum Gasteiger partial charge on any atom is -0.493 e. The van der Waals surface area contributed by atoms with Crippen LogP contribution in [0.5, 0.6) is 11.5 Å². The van der Waals surface area contributed by atoms with Crippen molar-refractivity contribution in [3.63, 3.8) is 0 Å². The number of H-pyrrole nitrogens is 1. The van der Waals surface area contributed by atoms with E-state index in [0.717, 1.165) is 17.3 Å². The lowest BCUT2D eigenvalue weighted by molar-refractivity contribution is -0.118. The molecule has 0 aliphatic rings. The smallest absolute Gasteiger partial charge is 0.273 e. The zero-order valence-corrected chi connectivity index (χ0v) is 15.1. The van der Waals surface area contributed by atoms with Crippen molar-refractivity contribution in [3.8, 4) is 11.5 Å². The lowest BCUT2D eigenvalue weighted by Crippen LogP contribution is -2.27. The number of rotatable bonds is 8.